The van der Waals surface area contributed by atoms with Gasteiger partial charge in [-0.05, 0) is 11.6 Å². The van der Waals surface area contributed by atoms with Gasteiger partial charge in [0.2, 0.25) is 0 Å². The molecular weight excluding hydrogens is 220 g/mol. The summed E-state index contributed by atoms with van der Waals surface area (Å²) in [7, 11) is -4.23. The molecular formula is C10H10BF3O2. The molecule has 0 unspecified atom stereocenters. The van der Waals surface area contributed by atoms with E-state index in [9.17, 15) is 12.9 Å². The maximum Gasteiger partial charge on any atom is 0.841 e. The molecule has 0 aliphatic carbocycles. The van der Waals surface area contributed by atoms with Crippen molar-refractivity contribution in [2.45, 2.75) is 0 Å². The lowest BCUT2D eigenvalue weighted by Crippen LogP contribution is -2.21. The maximum absolute atomic E-state index is 11.9. The van der Waals surface area contributed by atoms with Gasteiger partial charge in [-0.3, -0.25) is 0 Å². The number of halogens is 3. The van der Waals surface area contributed by atoms with E-state index in [0.29, 0.717) is 0 Å². The van der Waals surface area contributed by atoms with Gasteiger partial charge >= 0.3 is 13.1 Å². The summed E-state index contributed by atoms with van der Waals surface area (Å²) in [6.45, 7) is 0. The summed E-state index contributed by atoms with van der Waals surface area (Å²) in [4.78, 5) is 0. The molecule has 0 bridgehead atoms. The fourth-order valence-electron chi connectivity index (χ4n) is 1.02. The van der Waals surface area contributed by atoms with E-state index < -0.39 is 13.1 Å². The van der Waals surface area contributed by atoms with Crippen LogP contribution in [0.5, 0.6) is 0 Å². The highest BCUT2D eigenvalue weighted by atomic mass is 19.4. The summed E-state index contributed by atoms with van der Waals surface area (Å²) >= 11 is 0. The number of esters is 1. The monoisotopic (exact) mass is 230 g/mol. The third-order valence-electron chi connectivity index (χ3n) is 1.66. The second-order valence-electron chi connectivity index (χ2n) is 2.90. The van der Waals surface area contributed by atoms with E-state index >= 15 is 0 Å². The average Bonchev–Trinajstić information content (AvgIpc) is 2.24. The highest BCUT2D eigenvalue weighted by Crippen LogP contribution is 2.07. The second kappa shape index (κ2) is 5.39. The van der Waals surface area contributed by atoms with E-state index in [1.807, 2.05) is 6.07 Å². The molecule has 1 rings (SSSR count). The number of benzene rings is 1. The average molecular weight is 230 g/mol. The third kappa shape index (κ3) is 4.68. The summed E-state index contributed by atoms with van der Waals surface area (Å²) in [6.07, 6.45) is 2.60. The first-order valence-electron chi connectivity index (χ1n) is 4.53. The van der Waals surface area contributed by atoms with Gasteiger partial charge in [-0.25, -0.2) is 0 Å². The van der Waals surface area contributed by atoms with Gasteiger partial charge in [-0.1, -0.05) is 30.3 Å². The number of hydrogen-bond donors (Lipinski definition) is 0. The first-order valence-corrected chi connectivity index (χ1v) is 4.53. The first-order chi connectivity index (χ1) is 7.51. The highest BCUT2D eigenvalue weighted by molar-refractivity contribution is 6.48. The SMILES string of the molecule is COC(/C=C/c1ccccc1)=[O+][B-](F)(F)F. The second-order valence-corrected chi connectivity index (χ2v) is 2.90. The molecule has 0 fully saturated rings. The Morgan fingerprint density at radius 3 is 2.38 bits per heavy atom. The Labute approximate surface area is 91.1 Å². The molecule has 1 aromatic carbocycles. The Morgan fingerprint density at radius 1 is 1.25 bits per heavy atom. The molecule has 0 aliphatic rings. The van der Waals surface area contributed by atoms with Crippen LogP contribution in [0.2, 0.25) is 0 Å². The predicted molar refractivity (Wildman–Crippen MR) is 56.6 cm³/mol. The van der Waals surface area contributed by atoms with Crippen molar-refractivity contribution in [1.29, 1.82) is 0 Å². The number of rotatable bonds is 3. The Bertz CT molecular complexity index is 385. The molecule has 2 nitrogen and oxygen atoms in total. The summed E-state index contributed by atoms with van der Waals surface area (Å²) < 4.78 is 43.9. The molecule has 0 heterocycles. The molecule has 0 N–H and O–H groups in total. The molecule has 0 amide bonds. The van der Waals surface area contributed by atoms with Gasteiger partial charge in [-0.2, -0.15) is 0 Å². The van der Waals surface area contributed by atoms with Crippen LogP contribution in [0.15, 0.2) is 36.4 Å². The van der Waals surface area contributed by atoms with Gasteiger partial charge in [0.15, 0.2) is 7.11 Å². The summed E-state index contributed by atoms with van der Waals surface area (Å²) in [5.41, 5.74) is 0.760. The van der Waals surface area contributed by atoms with E-state index in [4.69, 9.17) is 0 Å². The van der Waals surface area contributed by atoms with Crippen LogP contribution < -0.4 is 0 Å². The molecule has 6 heteroatoms. The maximum atomic E-state index is 11.9. The normalized spacial score (nSPS) is 13.1. The van der Waals surface area contributed by atoms with E-state index in [0.717, 1.165) is 18.7 Å². The molecule has 86 valence electrons. The van der Waals surface area contributed by atoms with Crippen molar-refractivity contribution in [1.82, 2.24) is 0 Å². The standard InChI is InChI=1S/C10H10BF3O2/c1-15-10(16-11(12,13)14)8-7-9-5-3-2-4-6-9/h2-8H,1H3/b8-7+. The van der Waals surface area contributed by atoms with Gasteiger partial charge in [-0.15, -0.1) is 0 Å². The van der Waals surface area contributed by atoms with Gasteiger partial charge in [0.05, 0.1) is 6.08 Å². The molecule has 0 radical (unpaired) electrons. The third-order valence-corrected chi connectivity index (χ3v) is 1.66. The topological polar surface area (TPSA) is 20.5 Å². The van der Waals surface area contributed by atoms with E-state index in [1.54, 1.807) is 24.3 Å². The van der Waals surface area contributed by atoms with E-state index in [2.05, 4.69) is 9.08 Å². The molecule has 0 aliphatic heterocycles. The van der Waals surface area contributed by atoms with Gasteiger partial charge in [0.25, 0.3) is 0 Å². The Kier molecular flexibility index (Phi) is 4.16. The summed E-state index contributed by atoms with van der Waals surface area (Å²) in [6, 6.07) is 8.88. The van der Waals surface area contributed by atoms with E-state index in [-0.39, 0.29) is 0 Å². The zero-order valence-corrected chi connectivity index (χ0v) is 8.57. The number of ether oxygens (including phenoxy) is 1. The van der Waals surface area contributed by atoms with Gasteiger partial charge in [0, 0.05) is 0 Å². The number of methoxy groups -OCH3 is 1. The van der Waals surface area contributed by atoms with Crippen LogP contribution in [0.1, 0.15) is 5.56 Å². The van der Waals surface area contributed by atoms with Crippen molar-refractivity contribution in [2.24, 2.45) is 0 Å². The lowest BCUT2D eigenvalue weighted by Gasteiger charge is -2.00. The van der Waals surface area contributed by atoms with Gasteiger partial charge in [0.1, 0.15) is 0 Å². The van der Waals surface area contributed by atoms with Crippen LogP contribution in [0.25, 0.3) is 6.08 Å². The summed E-state index contributed by atoms with van der Waals surface area (Å²) in [5, 5.41) is 0. The van der Waals surface area contributed by atoms with Crippen molar-refractivity contribution in [3.63, 3.8) is 0 Å². The number of hydrogen-bond acceptors (Lipinski definition) is 1. The smallest absolute Gasteiger partial charge is 0.487 e. The van der Waals surface area contributed by atoms with Crippen LogP contribution in [-0.2, 0) is 9.08 Å². The molecule has 0 saturated heterocycles. The molecule has 0 saturated carbocycles. The Hall–Kier alpha value is -1.72. The quantitative estimate of drug-likeness (QED) is 0.338. The molecule has 0 atom stereocenters. The van der Waals surface area contributed by atoms with Gasteiger partial charge < -0.3 is 22.0 Å². The van der Waals surface area contributed by atoms with Crippen molar-refractivity contribution in [3.8, 4) is 0 Å². The van der Waals surface area contributed by atoms with Crippen molar-refractivity contribution < 1.29 is 22.0 Å². The lowest BCUT2D eigenvalue weighted by atomic mass is 10.2. The molecule has 16 heavy (non-hydrogen) atoms. The van der Waals surface area contributed by atoms with Crippen LogP contribution >= 0.6 is 0 Å². The minimum absolute atomic E-state index is 0.573. The Morgan fingerprint density at radius 2 is 1.88 bits per heavy atom. The van der Waals surface area contributed by atoms with Crippen LogP contribution in [-0.4, -0.2) is 20.3 Å². The fraction of sp³-hybridized carbons (Fsp3) is 0.100. The minimum Gasteiger partial charge on any atom is -0.487 e. The fourth-order valence-corrected chi connectivity index (χ4v) is 1.02. The van der Waals surface area contributed by atoms with Crippen molar-refractivity contribution in [2.75, 3.05) is 7.11 Å². The summed E-state index contributed by atoms with van der Waals surface area (Å²) in [5.74, 6) is -0.573. The number of carbonyl (C=O) groups excluding carboxylic acids is 1. The van der Waals surface area contributed by atoms with Crippen LogP contribution in [0.3, 0.4) is 0 Å². The largest absolute Gasteiger partial charge is 0.841 e. The molecule has 1 aromatic rings. The zero-order valence-electron chi connectivity index (χ0n) is 8.57. The lowest BCUT2D eigenvalue weighted by molar-refractivity contribution is -0.362. The highest BCUT2D eigenvalue weighted by Gasteiger charge is 2.37. The van der Waals surface area contributed by atoms with Crippen LogP contribution in [0, 0.1) is 0 Å². The van der Waals surface area contributed by atoms with E-state index in [1.165, 1.54) is 6.08 Å². The van der Waals surface area contributed by atoms with Crippen molar-refractivity contribution in [3.05, 3.63) is 42.0 Å². The first kappa shape index (κ1) is 12.4. The minimum atomic E-state index is -5.35. The Balaban J connectivity index is 2.79. The zero-order chi connectivity index (χ0) is 12.0. The molecule has 0 aromatic heterocycles. The van der Waals surface area contributed by atoms with Crippen molar-refractivity contribution >= 4 is 19.2 Å². The predicted octanol–water partition coefficient (Wildman–Crippen LogP) is 2.75. The molecule has 0 spiro atoms. The van der Waals surface area contributed by atoms with Crippen LogP contribution in [0.4, 0.5) is 12.9 Å².